The Kier molecular flexibility index (Phi) is 7.14. The van der Waals surface area contributed by atoms with Gasteiger partial charge in [-0.2, -0.15) is 0 Å². The van der Waals surface area contributed by atoms with Gasteiger partial charge in [-0.15, -0.1) is 0 Å². The largest absolute Gasteiger partial charge is 0.510 e. The zero-order valence-electron chi connectivity index (χ0n) is 22.0. The molecule has 2 fully saturated rings. The minimum atomic E-state index is -1.65. The number of allylic oxidation sites excluding steroid dienone is 6. The second kappa shape index (κ2) is 9.09. The van der Waals surface area contributed by atoms with Gasteiger partial charge in [0.05, 0.1) is 16.6 Å². The highest BCUT2D eigenvalue weighted by Crippen LogP contribution is 2.64. The number of rotatable bonds is 6. The summed E-state index contributed by atoms with van der Waals surface area (Å²) in [5.41, 5.74) is -4.16. The van der Waals surface area contributed by atoms with E-state index in [0.29, 0.717) is 12.8 Å². The van der Waals surface area contributed by atoms with Gasteiger partial charge in [-0.1, -0.05) is 23.3 Å². The summed E-state index contributed by atoms with van der Waals surface area (Å²) in [6.45, 7) is 12.1. The Morgan fingerprint density at radius 1 is 1.03 bits per heavy atom. The zero-order valence-corrected chi connectivity index (χ0v) is 22.0. The summed E-state index contributed by atoms with van der Waals surface area (Å²) in [4.78, 5) is 46.3. The maximum atomic E-state index is 14.6. The van der Waals surface area contributed by atoms with Crippen LogP contribution >= 0.6 is 0 Å². The predicted octanol–water partition coefficient (Wildman–Crippen LogP) is 5.04. The van der Waals surface area contributed by atoms with Gasteiger partial charge in [0.2, 0.25) is 0 Å². The molecule has 0 aromatic carbocycles. The van der Waals surface area contributed by atoms with Crippen LogP contribution < -0.4 is 0 Å². The Morgan fingerprint density at radius 2 is 1.57 bits per heavy atom. The molecule has 3 rings (SSSR count). The third-order valence-corrected chi connectivity index (χ3v) is 8.75. The number of aliphatic hydroxyl groups excluding tert-OH is 1. The lowest BCUT2D eigenvalue weighted by molar-refractivity contribution is -0.350. The molecule has 0 heterocycles. The lowest BCUT2D eigenvalue weighted by Crippen LogP contribution is -2.62. The lowest BCUT2D eigenvalue weighted by Gasteiger charge is -2.55. The van der Waals surface area contributed by atoms with Crippen molar-refractivity contribution in [1.82, 2.24) is 0 Å². The normalized spacial score (nSPS) is 36.3. The minimum absolute atomic E-state index is 0.0732. The number of ketones is 3. The van der Waals surface area contributed by atoms with Crippen molar-refractivity contribution >= 4 is 17.3 Å². The number of aliphatic hydroxyl groups is 2. The SMILES string of the molecule is CC(=O)C1=C(O)C2(CC3C(CCC3(C)O)C(C)(OO)C2)C(=O)C(CC=C(C)C)(CC=C(C)C)C1=O. The molecule has 5 unspecified atom stereocenters. The average Bonchev–Trinajstić information content (AvgIpc) is 3.07. The van der Waals surface area contributed by atoms with Gasteiger partial charge in [0, 0.05) is 0 Å². The van der Waals surface area contributed by atoms with Gasteiger partial charge in [0.25, 0.3) is 0 Å². The topological polar surface area (TPSA) is 121 Å². The molecule has 35 heavy (non-hydrogen) atoms. The van der Waals surface area contributed by atoms with Crippen molar-refractivity contribution in [2.45, 2.75) is 98.2 Å². The van der Waals surface area contributed by atoms with Crippen LogP contribution in [0.5, 0.6) is 0 Å². The van der Waals surface area contributed by atoms with E-state index in [4.69, 9.17) is 4.89 Å². The molecule has 0 bridgehead atoms. The number of fused-ring (bicyclic) bond motifs is 1. The van der Waals surface area contributed by atoms with Gasteiger partial charge in [-0.25, -0.2) is 4.89 Å². The molecule has 0 saturated heterocycles. The summed E-state index contributed by atoms with van der Waals surface area (Å²) >= 11 is 0. The molecule has 3 N–H and O–H groups in total. The van der Waals surface area contributed by atoms with E-state index in [-0.39, 0.29) is 37.2 Å². The second-order valence-electron chi connectivity index (χ2n) is 12.0. The molecule has 1 spiro atoms. The molecule has 2 saturated carbocycles. The summed E-state index contributed by atoms with van der Waals surface area (Å²) in [5.74, 6) is -3.03. The van der Waals surface area contributed by atoms with Crippen molar-refractivity contribution in [3.05, 3.63) is 34.6 Å². The molecule has 194 valence electrons. The van der Waals surface area contributed by atoms with Crippen LogP contribution in [-0.2, 0) is 19.3 Å². The zero-order chi connectivity index (χ0) is 26.6. The van der Waals surface area contributed by atoms with Crippen LogP contribution in [-0.4, -0.2) is 44.0 Å². The maximum Gasteiger partial charge on any atom is 0.184 e. The van der Waals surface area contributed by atoms with Crippen LogP contribution in [0.2, 0.25) is 0 Å². The predicted molar refractivity (Wildman–Crippen MR) is 132 cm³/mol. The molecular formula is C28H40O7. The Balaban J connectivity index is 2.35. The monoisotopic (exact) mass is 488 g/mol. The van der Waals surface area contributed by atoms with Gasteiger partial charge < -0.3 is 10.2 Å². The van der Waals surface area contributed by atoms with E-state index in [0.717, 1.165) is 11.1 Å². The fourth-order valence-electron chi connectivity index (χ4n) is 6.78. The van der Waals surface area contributed by atoms with Crippen LogP contribution in [0, 0.1) is 22.7 Å². The van der Waals surface area contributed by atoms with Crippen LogP contribution in [0.25, 0.3) is 0 Å². The highest BCUT2D eigenvalue weighted by molar-refractivity contribution is 6.30. The smallest absolute Gasteiger partial charge is 0.184 e. The molecule has 0 radical (unpaired) electrons. The molecule has 3 aliphatic rings. The summed E-state index contributed by atoms with van der Waals surface area (Å²) in [6.07, 6.45) is 4.84. The first-order valence-electron chi connectivity index (χ1n) is 12.4. The first-order chi connectivity index (χ1) is 16.1. The summed E-state index contributed by atoms with van der Waals surface area (Å²) in [7, 11) is 0. The molecule has 0 amide bonds. The second-order valence-corrected chi connectivity index (χ2v) is 12.0. The third-order valence-electron chi connectivity index (χ3n) is 8.75. The molecule has 0 aromatic heterocycles. The van der Waals surface area contributed by atoms with Gasteiger partial charge in [0.1, 0.15) is 16.8 Å². The van der Waals surface area contributed by atoms with Crippen LogP contribution in [0.3, 0.4) is 0 Å². The van der Waals surface area contributed by atoms with Crippen LogP contribution in [0.1, 0.15) is 87.0 Å². The summed E-state index contributed by atoms with van der Waals surface area (Å²) < 4.78 is 0. The van der Waals surface area contributed by atoms with Crippen molar-refractivity contribution in [2.24, 2.45) is 22.7 Å². The first kappa shape index (κ1) is 27.5. The molecule has 0 aliphatic heterocycles. The molecule has 0 aromatic rings. The Hall–Kier alpha value is -2.09. The number of hydrogen-bond acceptors (Lipinski definition) is 7. The van der Waals surface area contributed by atoms with E-state index >= 15 is 0 Å². The average molecular weight is 489 g/mol. The van der Waals surface area contributed by atoms with Crippen LogP contribution in [0.4, 0.5) is 0 Å². The van der Waals surface area contributed by atoms with Gasteiger partial charge >= 0.3 is 0 Å². The standard InChI is InChI=1S/C28H40O7/c1-16(2)8-12-27(13-9-17(3)4)22(30)21(18(5)29)23(31)28(24(27)32)14-20-19(10-11-25(20,6)33)26(7,15-28)35-34/h8-9,19-20,31,33-34H,10-15H2,1-7H3. The minimum Gasteiger partial charge on any atom is -0.510 e. The van der Waals surface area contributed by atoms with E-state index in [2.05, 4.69) is 0 Å². The van der Waals surface area contributed by atoms with Gasteiger partial charge in [0.15, 0.2) is 17.3 Å². The maximum absolute atomic E-state index is 14.6. The number of Topliss-reactive ketones (excluding diaryl/α,β-unsaturated/α-hetero) is 3. The van der Waals surface area contributed by atoms with Crippen molar-refractivity contribution in [1.29, 1.82) is 0 Å². The summed E-state index contributed by atoms with van der Waals surface area (Å²) in [5, 5.41) is 32.8. The molecular weight excluding hydrogens is 448 g/mol. The van der Waals surface area contributed by atoms with Crippen molar-refractivity contribution in [3.8, 4) is 0 Å². The van der Waals surface area contributed by atoms with E-state index in [1.165, 1.54) is 6.92 Å². The van der Waals surface area contributed by atoms with Crippen LogP contribution in [0.15, 0.2) is 34.6 Å². The molecule has 5 atom stereocenters. The van der Waals surface area contributed by atoms with E-state index in [1.54, 1.807) is 13.8 Å². The fourth-order valence-corrected chi connectivity index (χ4v) is 6.78. The fraction of sp³-hybridized carbons (Fsp3) is 0.679. The Bertz CT molecular complexity index is 1000. The quantitative estimate of drug-likeness (QED) is 0.157. The Labute approximate surface area is 207 Å². The van der Waals surface area contributed by atoms with E-state index in [1.807, 2.05) is 39.8 Å². The highest BCUT2D eigenvalue weighted by Gasteiger charge is 2.69. The van der Waals surface area contributed by atoms with E-state index in [9.17, 15) is 29.9 Å². The third kappa shape index (κ3) is 4.25. The Morgan fingerprint density at radius 3 is 2.03 bits per heavy atom. The number of carbonyl (C=O) groups is 3. The van der Waals surface area contributed by atoms with E-state index < -0.39 is 51.1 Å². The molecule has 3 aliphatic carbocycles. The van der Waals surface area contributed by atoms with Gasteiger partial charge in [-0.05, 0) is 98.8 Å². The number of hydrogen-bond donors (Lipinski definition) is 3. The first-order valence-corrected chi connectivity index (χ1v) is 12.4. The van der Waals surface area contributed by atoms with Crippen molar-refractivity contribution in [2.75, 3.05) is 0 Å². The van der Waals surface area contributed by atoms with Gasteiger partial charge in [-0.3, -0.25) is 19.6 Å². The highest BCUT2D eigenvalue weighted by atomic mass is 17.1. The lowest BCUT2D eigenvalue weighted by atomic mass is 9.48. The van der Waals surface area contributed by atoms with Crippen molar-refractivity contribution in [3.63, 3.8) is 0 Å². The summed E-state index contributed by atoms with van der Waals surface area (Å²) in [6, 6.07) is 0. The number of carbonyl (C=O) groups excluding carboxylic acids is 3. The molecule has 7 heteroatoms. The van der Waals surface area contributed by atoms with Crippen molar-refractivity contribution < 1.29 is 34.7 Å². The molecule has 7 nitrogen and oxygen atoms in total.